The molecule has 1 heterocycles. The van der Waals surface area contributed by atoms with Crippen molar-refractivity contribution in [1.29, 1.82) is 0 Å². The maximum absolute atomic E-state index is 11.9. The SMILES string of the molecule is CCC(OP1(=O)OCCOO1)N(CC)CC. The Morgan fingerprint density at radius 2 is 2.00 bits per heavy atom. The highest BCUT2D eigenvalue weighted by Gasteiger charge is 2.36. The second-order valence-corrected chi connectivity index (χ2v) is 4.88. The maximum atomic E-state index is 11.9. The molecule has 2 unspecified atom stereocenters. The van der Waals surface area contributed by atoms with Gasteiger partial charge >= 0.3 is 7.82 Å². The molecule has 0 aromatic heterocycles. The van der Waals surface area contributed by atoms with E-state index in [1.807, 2.05) is 25.7 Å². The van der Waals surface area contributed by atoms with Crippen molar-refractivity contribution in [3.05, 3.63) is 0 Å². The summed E-state index contributed by atoms with van der Waals surface area (Å²) in [5.74, 6) is 0. The summed E-state index contributed by atoms with van der Waals surface area (Å²) in [4.78, 5) is 6.69. The van der Waals surface area contributed by atoms with Crippen molar-refractivity contribution < 1.29 is 23.2 Å². The molecular formula is C9H20NO5P. The van der Waals surface area contributed by atoms with Crippen molar-refractivity contribution in [1.82, 2.24) is 4.90 Å². The number of hydrogen-bond donors (Lipinski definition) is 0. The zero-order chi connectivity index (χ0) is 12.0. The van der Waals surface area contributed by atoms with Crippen molar-refractivity contribution in [2.24, 2.45) is 0 Å². The van der Waals surface area contributed by atoms with E-state index in [0.29, 0.717) is 6.42 Å². The van der Waals surface area contributed by atoms with Crippen LogP contribution in [0.3, 0.4) is 0 Å². The standard InChI is InChI=1S/C9H20NO5P/c1-4-9(10(5-2)6-3)14-16(11)13-8-7-12-15-16/h9H,4-8H2,1-3H3. The molecule has 2 atom stereocenters. The lowest BCUT2D eigenvalue weighted by Crippen LogP contribution is -2.36. The van der Waals surface area contributed by atoms with Gasteiger partial charge in [-0.15, -0.1) is 4.67 Å². The molecule has 1 rings (SSSR count). The summed E-state index contributed by atoms with van der Waals surface area (Å²) in [6, 6.07) is 0. The number of phosphoric ester groups is 1. The van der Waals surface area contributed by atoms with Gasteiger partial charge in [0.25, 0.3) is 0 Å². The maximum Gasteiger partial charge on any atom is 0.503 e. The topological polar surface area (TPSA) is 57.2 Å². The molecule has 0 aromatic rings. The molecule has 1 fully saturated rings. The molecule has 0 radical (unpaired) electrons. The van der Waals surface area contributed by atoms with Crippen LogP contribution in [-0.4, -0.2) is 37.4 Å². The fraction of sp³-hybridized carbons (Fsp3) is 1.00. The highest BCUT2D eigenvalue weighted by Crippen LogP contribution is 2.52. The van der Waals surface area contributed by atoms with Crippen molar-refractivity contribution in [2.75, 3.05) is 26.3 Å². The van der Waals surface area contributed by atoms with Crippen LogP contribution < -0.4 is 0 Å². The van der Waals surface area contributed by atoms with Crippen LogP contribution in [0, 0.1) is 0 Å². The van der Waals surface area contributed by atoms with Crippen LogP contribution in [0.2, 0.25) is 0 Å². The van der Waals surface area contributed by atoms with Crippen molar-refractivity contribution in [2.45, 2.75) is 33.4 Å². The molecule has 0 aromatic carbocycles. The Morgan fingerprint density at radius 1 is 1.31 bits per heavy atom. The Hall–Kier alpha value is 0.0300. The molecule has 0 aliphatic carbocycles. The van der Waals surface area contributed by atoms with E-state index in [9.17, 15) is 4.57 Å². The van der Waals surface area contributed by atoms with Gasteiger partial charge in [-0.05, 0) is 19.5 Å². The molecule has 0 spiro atoms. The van der Waals surface area contributed by atoms with Crippen LogP contribution in [0.4, 0.5) is 0 Å². The molecule has 0 amide bonds. The quantitative estimate of drug-likeness (QED) is 0.411. The van der Waals surface area contributed by atoms with Gasteiger partial charge in [-0.1, -0.05) is 20.8 Å². The molecule has 7 heteroatoms. The third kappa shape index (κ3) is 3.80. The van der Waals surface area contributed by atoms with E-state index >= 15 is 0 Å². The molecule has 0 bridgehead atoms. The monoisotopic (exact) mass is 253 g/mol. The van der Waals surface area contributed by atoms with Gasteiger partial charge in [-0.25, -0.2) is 9.45 Å². The highest BCUT2D eigenvalue weighted by atomic mass is 31.2. The molecule has 0 saturated carbocycles. The third-order valence-corrected chi connectivity index (χ3v) is 3.67. The fourth-order valence-corrected chi connectivity index (χ4v) is 2.75. The van der Waals surface area contributed by atoms with Gasteiger partial charge in [0.2, 0.25) is 0 Å². The normalized spacial score (nSPS) is 28.2. The average molecular weight is 253 g/mol. The smallest absolute Gasteiger partial charge is 0.283 e. The Morgan fingerprint density at radius 3 is 2.44 bits per heavy atom. The van der Waals surface area contributed by atoms with Crippen LogP contribution in [0.25, 0.3) is 0 Å². The number of phosphoric acid groups is 1. The largest absolute Gasteiger partial charge is 0.503 e. The molecule has 1 aliphatic heterocycles. The number of rotatable bonds is 6. The lowest BCUT2D eigenvalue weighted by molar-refractivity contribution is -0.258. The minimum Gasteiger partial charge on any atom is -0.283 e. The molecular weight excluding hydrogens is 233 g/mol. The zero-order valence-corrected chi connectivity index (χ0v) is 10.9. The number of hydrogen-bond acceptors (Lipinski definition) is 6. The highest BCUT2D eigenvalue weighted by molar-refractivity contribution is 7.48. The van der Waals surface area contributed by atoms with Crippen molar-refractivity contribution in [3.63, 3.8) is 0 Å². The van der Waals surface area contributed by atoms with E-state index in [1.165, 1.54) is 0 Å². The van der Waals surface area contributed by atoms with Gasteiger partial charge in [-0.3, -0.25) is 13.9 Å². The van der Waals surface area contributed by atoms with Crippen molar-refractivity contribution in [3.8, 4) is 0 Å². The predicted octanol–water partition coefficient (Wildman–Crippen LogP) is 2.17. The Balaban J connectivity index is 2.57. The molecule has 6 nitrogen and oxygen atoms in total. The van der Waals surface area contributed by atoms with Crippen molar-refractivity contribution >= 4 is 7.82 Å². The van der Waals surface area contributed by atoms with Crippen LogP contribution in [0.5, 0.6) is 0 Å². The van der Waals surface area contributed by atoms with E-state index in [1.54, 1.807) is 0 Å². The third-order valence-electron chi connectivity index (χ3n) is 2.38. The first-order valence-electron chi connectivity index (χ1n) is 5.63. The first-order chi connectivity index (χ1) is 7.65. The van der Waals surface area contributed by atoms with Crippen LogP contribution in [-0.2, 0) is 23.2 Å². The van der Waals surface area contributed by atoms with Gasteiger partial charge < -0.3 is 0 Å². The number of nitrogens with zero attached hydrogens (tertiary/aromatic N) is 1. The lowest BCUT2D eigenvalue weighted by Gasteiger charge is -2.31. The summed E-state index contributed by atoms with van der Waals surface area (Å²) in [7, 11) is -3.53. The van der Waals surface area contributed by atoms with Gasteiger partial charge in [0.15, 0.2) is 0 Å². The van der Waals surface area contributed by atoms with E-state index in [-0.39, 0.29) is 19.4 Å². The summed E-state index contributed by atoms with van der Waals surface area (Å²) < 4.78 is 26.9. The average Bonchev–Trinajstić information content (AvgIpc) is 2.30. The Labute approximate surface area is 96.3 Å². The Bertz CT molecular complexity index is 236. The summed E-state index contributed by atoms with van der Waals surface area (Å²) in [5.41, 5.74) is 0. The zero-order valence-electron chi connectivity index (χ0n) is 10.0. The van der Waals surface area contributed by atoms with Crippen LogP contribution in [0.15, 0.2) is 0 Å². The molecule has 1 saturated heterocycles. The second kappa shape index (κ2) is 6.69. The first kappa shape index (κ1) is 14.1. The van der Waals surface area contributed by atoms with E-state index in [4.69, 9.17) is 9.05 Å². The van der Waals surface area contributed by atoms with E-state index in [0.717, 1.165) is 13.1 Å². The molecule has 1 aliphatic rings. The van der Waals surface area contributed by atoms with Crippen LogP contribution in [0.1, 0.15) is 27.2 Å². The van der Waals surface area contributed by atoms with E-state index < -0.39 is 7.82 Å². The van der Waals surface area contributed by atoms with Crippen LogP contribution >= 0.6 is 7.82 Å². The molecule has 96 valence electrons. The summed E-state index contributed by atoms with van der Waals surface area (Å²) >= 11 is 0. The summed E-state index contributed by atoms with van der Waals surface area (Å²) in [5, 5.41) is 0. The predicted molar refractivity (Wildman–Crippen MR) is 58.7 cm³/mol. The second-order valence-electron chi connectivity index (χ2n) is 3.37. The lowest BCUT2D eigenvalue weighted by atomic mass is 10.3. The fourth-order valence-electron chi connectivity index (χ4n) is 1.53. The molecule has 0 N–H and O–H groups in total. The Kier molecular flexibility index (Phi) is 5.89. The minimum atomic E-state index is -3.53. The van der Waals surface area contributed by atoms with Gasteiger partial charge in [-0.2, -0.15) is 0 Å². The summed E-state index contributed by atoms with van der Waals surface area (Å²) in [6.07, 6.45) is 0.431. The van der Waals surface area contributed by atoms with E-state index in [2.05, 4.69) is 9.56 Å². The summed E-state index contributed by atoms with van der Waals surface area (Å²) in [6.45, 7) is 8.13. The van der Waals surface area contributed by atoms with Gasteiger partial charge in [0, 0.05) is 0 Å². The van der Waals surface area contributed by atoms with Gasteiger partial charge in [0.1, 0.15) is 12.8 Å². The van der Waals surface area contributed by atoms with Gasteiger partial charge in [0.05, 0.1) is 6.61 Å². The molecule has 16 heavy (non-hydrogen) atoms. The minimum absolute atomic E-state index is 0.228. The first-order valence-corrected chi connectivity index (χ1v) is 7.09.